The molecular formula is C12H17NO5. The molecule has 0 spiro atoms. The lowest BCUT2D eigenvalue weighted by Crippen LogP contribution is -2.01. The summed E-state index contributed by atoms with van der Waals surface area (Å²) >= 11 is 0. The zero-order valence-electron chi connectivity index (χ0n) is 10.4. The minimum atomic E-state index is -0.798. The SMILES string of the molecule is CCCC(O)c1cc(OCC)c(O)c([N+](=O)[O-])c1. The number of phenols is 1. The molecule has 0 amide bonds. The largest absolute Gasteiger partial charge is 0.500 e. The van der Waals surface area contributed by atoms with Crippen LogP contribution >= 0.6 is 0 Å². The molecule has 2 N–H and O–H groups in total. The van der Waals surface area contributed by atoms with Crippen molar-refractivity contribution < 1.29 is 19.9 Å². The monoisotopic (exact) mass is 255 g/mol. The lowest BCUT2D eigenvalue weighted by Gasteiger charge is -2.13. The van der Waals surface area contributed by atoms with Gasteiger partial charge in [0.2, 0.25) is 5.75 Å². The van der Waals surface area contributed by atoms with Gasteiger partial charge in [-0.25, -0.2) is 0 Å². The number of nitro groups is 1. The highest BCUT2D eigenvalue weighted by molar-refractivity contribution is 5.57. The van der Waals surface area contributed by atoms with E-state index in [-0.39, 0.29) is 12.4 Å². The van der Waals surface area contributed by atoms with E-state index in [1.54, 1.807) is 6.92 Å². The molecule has 0 bridgehead atoms. The molecule has 18 heavy (non-hydrogen) atoms. The van der Waals surface area contributed by atoms with Gasteiger partial charge in [0.1, 0.15) is 0 Å². The number of benzene rings is 1. The maximum Gasteiger partial charge on any atom is 0.315 e. The van der Waals surface area contributed by atoms with Gasteiger partial charge in [0.15, 0.2) is 5.75 Å². The van der Waals surface area contributed by atoms with Crippen LogP contribution in [0.2, 0.25) is 0 Å². The van der Waals surface area contributed by atoms with Gasteiger partial charge in [0.05, 0.1) is 17.6 Å². The summed E-state index contributed by atoms with van der Waals surface area (Å²) in [5.41, 5.74) is -0.0732. The van der Waals surface area contributed by atoms with E-state index < -0.39 is 22.5 Å². The molecule has 6 heteroatoms. The average Bonchev–Trinajstić information content (AvgIpc) is 2.31. The first-order valence-corrected chi connectivity index (χ1v) is 5.83. The van der Waals surface area contributed by atoms with Crippen molar-refractivity contribution in [1.29, 1.82) is 0 Å². The summed E-state index contributed by atoms with van der Waals surface area (Å²) in [5, 5.41) is 30.3. The number of nitro benzene ring substituents is 1. The van der Waals surface area contributed by atoms with Crippen molar-refractivity contribution in [3.05, 3.63) is 27.8 Å². The van der Waals surface area contributed by atoms with Crippen LogP contribution in [0.25, 0.3) is 0 Å². The van der Waals surface area contributed by atoms with Gasteiger partial charge in [-0.15, -0.1) is 0 Å². The van der Waals surface area contributed by atoms with Crippen LogP contribution < -0.4 is 4.74 Å². The first kappa shape index (κ1) is 14.2. The third kappa shape index (κ3) is 3.10. The van der Waals surface area contributed by atoms with Crippen LogP contribution in [0, 0.1) is 10.1 Å². The van der Waals surface area contributed by atoms with Crippen molar-refractivity contribution in [3.8, 4) is 11.5 Å². The Labute approximate surface area is 105 Å². The van der Waals surface area contributed by atoms with Crippen LogP contribution in [0.15, 0.2) is 12.1 Å². The molecule has 0 radical (unpaired) electrons. The van der Waals surface area contributed by atoms with Crippen molar-refractivity contribution in [2.24, 2.45) is 0 Å². The second kappa shape index (κ2) is 6.20. The van der Waals surface area contributed by atoms with Crippen LogP contribution in [-0.2, 0) is 0 Å². The normalized spacial score (nSPS) is 12.2. The molecule has 0 aromatic heterocycles. The number of hydrogen-bond donors (Lipinski definition) is 2. The van der Waals surface area contributed by atoms with Gasteiger partial charge in [0.25, 0.3) is 0 Å². The zero-order chi connectivity index (χ0) is 13.7. The maximum absolute atomic E-state index is 10.8. The highest BCUT2D eigenvalue weighted by Gasteiger charge is 2.22. The lowest BCUT2D eigenvalue weighted by molar-refractivity contribution is -0.386. The Morgan fingerprint density at radius 1 is 1.44 bits per heavy atom. The van der Waals surface area contributed by atoms with Gasteiger partial charge in [0, 0.05) is 6.07 Å². The summed E-state index contributed by atoms with van der Waals surface area (Å²) in [6.07, 6.45) is 0.446. The van der Waals surface area contributed by atoms with Crippen molar-refractivity contribution in [3.63, 3.8) is 0 Å². The molecule has 0 aliphatic rings. The zero-order valence-corrected chi connectivity index (χ0v) is 10.4. The van der Waals surface area contributed by atoms with E-state index in [9.17, 15) is 20.3 Å². The third-order valence-electron chi connectivity index (χ3n) is 2.52. The van der Waals surface area contributed by atoms with Crippen LogP contribution in [0.3, 0.4) is 0 Å². The fraction of sp³-hybridized carbons (Fsp3) is 0.500. The Hall–Kier alpha value is -1.82. The fourth-order valence-electron chi connectivity index (χ4n) is 1.65. The van der Waals surface area contributed by atoms with Gasteiger partial charge in [-0.1, -0.05) is 13.3 Å². The molecule has 1 aromatic carbocycles. The van der Waals surface area contributed by atoms with E-state index in [0.717, 1.165) is 6.42 Å². The van der Waals surface area contributed by atoms with Crippen molar-refractivity contribution in [2.75, 3.05) is 6.61 Å². The minimum absolute atomic E-state index is 0.0249. The number of nitrogens with zero attached hydrogens (tertiary/aromatic N) is 1. The molecule has 0 saturated carbocycles. The van der Waals surface area contributed by atoms with Gasteiger partial charge < -0.3 is 14.9 Å². The first-order chi connectivity index (χ1) is 8.51. The summed E-state index contributed by atoms with van der Waals surface area (Å²) in [5.74, 6) is -0.480. The molecule has 0 aliphatic heterocycles. The van der Waals surface area contributed by atoms with E-state index in [4.69, 9.17) is 4.74 Å². The van der Waals surface area contributed by atoms with E-state index in [2.05, 4.69) is 0 Å². The van der Waals surface area contributed by atoms with E-state index in [1.807, 2.05) is 6.92 Å². The number of rotatable bonds is 6. The van der Waals surface area contributed by atoms with Gasteiger partial charge >= 0.3 is 5.69 Å². The highest BCUT2D eigenvalue weighted by atomic mass is 16.6. The average molecular weight is 255 g/mol. The summed E-state index contributed by atoms with van der Waals surface area (Å²) in [7, 11) is 0. The standard InChI is InChI=1S/C12H17NO5/c1-3-5-10(14)8-6-9(13(16)17)12(15)11(7-8)18-4-2/h6-7,10,14-15H,3-5H2,1-2H3. The van der Waals surface area contributed by atoms with Crippen molar-refractivity contribution >= 4 is 5.69 Å². The molecule has 1 rings (SSSR count). The Balaban J connectivity index is 3.23. The second-order valence-electron chi connectivity index (χ2n) is 3.88. The van der Waals surface area contributed by atoms with Crippen LogP contribution in [-0.4, -0.2) is 21.7 Å². The quantitative estimate of drug-likeness (QED) is 0.601. The molecule has 1 aromatic rings. The molecule has 1 atom stereocenters. The third-order valence-corrected chi connectivity index (χ3v) is 2.52. The van der Waals surface area contributed by atoms with Crippen molar-refractivity contribution in [2.45, 2.75) is 32.8 Å². The van der Waals surface area contributed by atoms with Crippen LogP contribution in [0.4, 0.5) is 5.69 Å². The second-order valence-corrected chi connectivity index (χ2v) is 3.88. The predicted octanol–water partition coefficient (Wildman–Crippen LogP) is 2.53. The molecule has 0 heterocycles. The number of hydrogen-bond acceptors (Lipinski definition) is 5. The molecule has 6 nitrogen and oxygen atoms in total. The summed E-state index contributed by atoms with van der Waals surface area (Å²) in [6.45, 7) is 3.89. The fourth-order valence-corrected chi connectivity index (χ4v) is 1.65. The van der Waals surface area contributed by atoms with Gasteiger partial charge in [-0.05, 0) is 25.0 Å². The number of aliphatic hydroxyl groups is 1. The van der Waals surface area contributed by atoms with E-state index in [0.29, 0.717) is 12.0 Å². The number of aromatic hydroxyl groups is 1. The summed E-state index contributed by atoms with van der Waals surface area (Å²) < 4.78 is 5.13. The Morgan fingerprint density at radius 3 is 2.61 bits per heavy atom. The molecule has 1 unspecified atom stereocenters. The molecule has 0 aliphatic carbocycles. The number of phenolic OH excluding ortho intramolecular Hbond substituents is 1. The first-order valence-electron chi connectivity index (χ1n) is 5.83. The maximum atomic E-state index is 10.8. The topological polar surface area (TPSA) is 92.8 Å². The van der Waals surface area contributed by atoms with Crippen LogP contribution in [0.1, 0.15) is 38.4 Å². The number of aliphatic hydroxyl groups excluding tert-OH is 1. The molecule has 0 fully saturated rings. The van der Waals surface area contributed by atoms with Gasteiger partial charge in [-0.3, -0.25) is 10.1 Å². The smallest absolute Gasteiger partial charge is 0.315 e. The Morgan fingerprint density at radius 2 is 2.11 bits per heavy atom. The minimum Gasteiger partial charge on any atom is -0.500 e. The lowest BCUT2D eigenvalue weighted by atomic mass is 10.0. The highest BCUT2D eigenvalue weighted by Crippen LogP contribution is 2.39. The summed E-state index contributed by atoms with van der Waals surface area (Å²) in [4.78, 5) is 10.1. The van der Waals surface area contributed by atoms with Crippen LogP contribution in [0.5, 0.6) is 11.5 Å². The summed E-state index contributed by atoms with van der Waals surface area (Å²) in [6, 6.07) is 2.62. The Kier molecular flexibility index (Phi) is 4.91. The number of ether oxygens (including phenoxy) is 1. The predicted molar refractivity (Wildman–Crippen MR) is 65.8 cm³/mol. The Bertz CT molecular complexity index is 433. The van der Waals surface area contributed by atoms with Crippen molar-refractivity contribution in [1.82, 2.24) is 0 Å². The molecular weight excluding hydrogens is 238 g/mol. The van der Waals surface area contributed by atoms with E-state index in [1.165, 1.54) is 12.1 Å². The van der Waals surface area contributed by atoms with Gasteiger partial charge in [-0.2, -0.15) is 0 Å². The van der Waals surface area contributed by atoms with E-state index >= 15 is 0 Å². The molecule has 0 saturated heterocycles. The molecule has 100 valence electrons.